The molecule has 0 saturated carbocycles. The highest BCUT2D eigenvalue weighted by Crippen LogP contribution is 2.26. The van der Waals surface area contributed by atoms with Crippen molar-refractivity contribution in [2.24, 2.45) is 10.9 Å². The highest BCUT2D eigenvalue weighted by atomic mass is 19.1. The first-order valence-electron chi connectivity index (χ1n) is 9.63. The van der Waals surface area contributed by atoms with Gasteiger partial charge >= 0.3 is 5.97 Å². The van der Waals surface area contributed by atoms with Crippen LogP contribution in [0.25, 0.3) is 11.1 Å². The molecule has 1 atom stereocenters. The molecule has 2 aromatic rings. The number of halogens is 2. The van der Waals surface area contributed by atoms with Gasteiger partial charge in [0.2, 0.25) is 5.95 Å². The monoisotopic (exact) mass is 448 g/mol. The quantitative estimate of drug-likeness (QED) is 0.212. The number of hydrogen-bond acceptors (Lipinski definition) is 9. The Morgan fingerprint density at radius 2 is 2.06 bits per heavy atom. The van der Waals surface area contributed by atoms with E-state index in [0.717, 1.165) is 0 Å². The highest BCUT2D eigenvalue weighted by molar-refractivity contribution is 5.98. The van der Waals surface area contributed by atoms with Crippen molar-refractivity contribution in [1.29, 1.82) is 5.41 Å². The van der Waals surface area contributed by atoms with Crippen molar-refractivity contribution < 1.29 is 28.3 Å². The molecule has 12 heteroatoms. The number of carbonyl (C=O) groups excluding carboxylic acids is 1. The van der Waals surface area contributed by atoms with E-state index in [2.05, 4.69) is 15.1 Å². The van der Waals surface area contributed by atoms with Crippen molar-refractivity contribution >= 4 is 23.5 Å². The number of ether oxygens (including phenoxy) is 1. The first-order valence-corrected chi connectivity index (χ1v) is 9.63. The molecule has 0 amide bonds. The molecule has 0 bridgehead atoms. The number of nitrogens with zero attached hydrogens (tertiary/aromatic N) is 4. The van der Waals surface area contributed by atoms with E-state index in [0.29, 0.717) is 30.3 Å². The van der Waals surface area contributed by atoms with E-state index in [1.54, 1.807) is 17.0 Å². The molecule has 1 aromatic carbocycles. The number of alkyl halides is 1. The van der Waals surface area contributed by atoms with E-state index < -0.39 is 24.6 Å². The fourth-order valence-electron chi connectivity index (χ4n) is 2.76. The molecular formula is C20H22F2N6O4. The molecule has 0 radical (unpaired) electrons. The third-order valence-corrected chi connectivity index (χ3v) is 4.43. The third-order valence-electron chi connectivity index (χ3n) is 4.43. The maximum atomic E-state index is 14.9. The number of esters is 1. The van der Waals surface area contributed by atoms with Gasteiger partial charge in [0.15, 0.2) is 12.8 Å². The minimum Gasteiger partial charge on any atom is -0.460 e. The van der Waals surface area contributed by atoms with Crippen LogP contribution in [0.5, 0.6) is 0 Å². The second-order valence-corrected chi connectivity index (χ2v) is 7.00. The maximum absolute atomic E-state index is 14.9. The zero-order chi connectivity index (χ0) is 23.1. The normalized spacial score (nSPS) is 13.8. The number of nitrogens with one attached hydrogen (secondary N) is 1. The lowest BCUT2D eigenvalue weighted by atomic mass is 10.1. The molecule has 1 fully saturated rings. The Morgan fingerprint density at radius 1 is 1.34 bits per heavy atom. The summed E-state index contributed by atoms with van der Waals surface area (Å²) < 4.78 is 32.7. The van der Waals surface area contributed by atoms with Gasteiger partial charge in [-0.25, -0.2) is 18.7 Å². The summed E-state index contributed by atoms with van der Waals surface area (Å²) in [5, 5.41) is 19.5. The van der Waals surface area contributed by atoms with Crippen LogP contribution in [-0.2, 0) is 21.0 Å². The van der Waals surface area contributed by atoms with Crippen LogP contribution < -0.4 is 10.6 Å². The van der Waals surface area contributed by atoms with Gasteiger partial charge in [0, 0.05) is 29.1 Å². The number of benzene rings is 1. The lowest BCUT2D eigenvalue weighted by Crippen LogP contribution is -2.48. The van der Waals surface area contributed by atoms with Crippen LogP contribution in [-0.4, -0.2) is 65.1 Å². The third kappa shape index (κ3) is 5.94. The Labute approximate surface area is 182 Å². The number of hydrogen-bond donors (Lipinski definition) is 3. The number of oxime groups is 1. The number of anilines is 1. The largest absolute Gasteiger partial charge is 0.460 e. The number of amidine groups is 1. The smallest absolute Gasteiger partial charge is 0.313 e. The second-order valence-electron chi connectivity index (χ2n) is 7.00. The zero-order valence-electron chi connectivity index (χ0n) is 17.0. The lowest BCUT2D eigenvalue weighted by molar-refractivity contribution is -0.143. The van der Waals surface area contributed by atoms with Crippen LogP contribution in [0.3, 0.4) is 0 Å². The van der Waals surface area contributed by atoms with Crippen LogP contribution in [0.1, 0.15) is 12.0 Å². The summed E-state index contributed by atoms with van der Waals surface area (Å²) >= 11 is 0. The molecule has 3 rings (SSSR count). The van der Waals surface area contributed by atoms with Crippen LogP contribution in [0, 0.1) is 11.2 Å². The molecule has 1 aromatic heterocycles. The predicted molar refractivity (Wildman–Crippen MR) is 111 cm³/mol. The van der Waals surface area contributed by atoms with E-state index in [9.17, 15) is 13.6 Å². The van der Waals surface area contributed by atoms with E-state index in [4.69, 9.17) is 25.8 Å². The molecule has 32 heavy (non-hydrogen) atoms. The van der Waals surface area contributed by atoms with Crippen LogP contribution >= 0.6 is 0 Å². The molecular weight excluding hydrogens is 426 g/mol. The minimum atomic E-state index is -1.47. The number of aliphatic hydroxyl groups excluding tert-OH is 1. The lowest BCUT2D eigenvalue weighted by Gasteiger charge is -2.31. The Hall–Kier alpha value is -3.67. The number of aromatic nitrogens is 2. The molecule has 0 spiro atoms. The Kier molecular flexibility index (Phi) is 7.60. The van der Waals surface area contributed by atoms with Gasteiger partial charge in [-0.2, -0.15) is 0 Å². The molecule has 10 nitrogen and oxygen atoms in total. The number of nitrogens with two attached hydrogens (primary N) is 1. The Balaban J connectivity index is 1.59. The molecule has 170 valence electrons. The van der Waals surface area contributed by atoms with E-state index in [1.807, 2.05) is 0 Å². The van der Waals surface area contributed by atoms with Gasteiger partial charge in [0.05, 0.1) is 25.4 Å². The van der Waals surface area contributed by atoms with Gasteiger partial charge in [-0.05, 0) is 0 Å². The molecule has 1 aliphatic rings. The van der Waals surface area contributed by atoms with Crippen molar-refractivity contribution in [2.45, 2.75) is 19.2 Å². The van der Waals surface area contributed by atoms with E-state index in [-0.39, 0.29) is 36.6 Å². The molecule has 1 saturated heterocycles. The van der Waals surface area contributed by atoms with Gasteiger partial charge in [-0.1, -0.05) is 23.4 Å². The molecule has 0 aliphatic carbocycles. The fraction of sp³-hybridized carbons (Fsp3) is 0.350. The molecule has 1 aliphatic heterocycles. The Bertz CT molecular complexity index is 994. The summed E-state index contributed by atoms with van der Waals surface area (Å²) in [6, 6.07) is 4.67. The Morgan fingerprint density at radius 3 is 2.72 bits per heavy atom. The zero-order valence-corrected chi connectivity index (χ0v) is 17.0. The summed E-state index contributed by atoms with van der Waals surface area (Å²) in [5.74, 6) is -1.19. The van der Waals surface area contributed by atoms with Crippen LogP contribution in [0.4, 0.5) is 14.7 Å². The average Bonchev–Trinajstić information content (AvgIpc) is 2.74. The first kappa shape index (κ1) is 23.0. The summed E-state index contributed by atoms with van der Waals surface area (Å²) in [6.45, 7) is -0.405. The maximum Gasteiger partial charge on any atom is 0.313 e. The van der Waals surface area contributed by atoms with Crippen molar-refractivity contribution in [2.75, 3.05) is 31.2 Å². The molecule has 4 N–H and O–H groups in total. The van der Waals surface area contributed by atoms with Crippen LogP contribution in [0.2, 0.25) is 0 Å². The van der Waals surface area contributed by atoms with Crippen molar-refractivity contribution in [3.63, 3.8) is 0 Å². The highest BCUT2D eigenvalue weighted by Gasteiger charge is 2.25. The van der Waals surface area contributed by atoms with Gasteiger partial charge < -0.3 is 25.3 Å². The van der Waals surface area contributed by atoms with Gasteiger partial charge in [0.25, 0.3) is 0 Å². The summed E-state index contributed by atoms with van der Waals surface area (Å²) in [6.07, 6.45) is 1.13. The topological polar surface area (TPSA) is 147 Å². The first-order chi connectivity index (χ1) is 15.4. The number of aliphatic hydroxyl groups is 1. The van der Waals surface area contributed by atoms with Gasteiger partial charge in [0.1, 0.15) is 24.7 Å². The minimum absolute atomic E-state index is 0.170. The van der Waals surface area contributed by atoms with Crippen molar-refractivity contribution in [1.82, 2.24) is 9.97 Å². The van der Waals surface area contributed by atoms with E-state index >= 15 is 0 Å². The van der Waals surface area contributed by atoms with E-state index in [1.165, 1.54) is 18.5 Å². The predicted octanol–water partition coefficient (Wildman–Crippen LogP) is 1.17. The summed E-state index contributed by atoms with van der Waals surface area (Å²) in [7, 11) is 0. The van der Waals surface area contributed by atoms with Crippen molar-refractivity contribution in [3.8, 4) is 11.1 Å². The van der Waals surface area contributed by atoms with Crippen LogP contribution in [0.15, 0.2) is 35.7 Å². The second kappa shape index (κ2) is 10.6. The van der Waals surface area contributed by atoms with Crippen molar-refractivity contribution in [3.05, 3.63) is 42.0 Å². The fourth-order valence-corrected chi connectivity index (χ4v) is 2.76. The SMILES string of the molecule is N=C(N)CC(=O)OCc1cccc(-c2cnc(N3CC(=NOCC(F)CO)C3)nc2)c1F. The molecule has 1 unspecified atom stereocenters. The summed E-state index contributed by atoms with van der Waals surface area (Å²) in [4.78, 5) is 26.6. The average molecular weight is 448 g/mol. The number of rotatable bonds is 10. The van der Waals surface area contributed by atoms with Gasteiger partial charge in [-0.15, -0.1) is 0 Å². The summed E-state index contributed by atoms with van der Waals surface area (Å²) in [5.41, 5.74) is 6.69. The number of carbonyl (C=O) groups is 1. The standard InChI is InChI=1S/C20H22F2N6O4/c21-14(9-29)11-32-27-15-7-28(8-15)20-25-5-13(6-26-20)16-3-1-2-12(19(16)22)10-31-18(30)4-17(23)24/h1-3,5-6,14,29H,4,7-11H2,(H3,23,24). The van der Waals surface area contributed by atoms with Gasteiger partial charge in [-0.3, -0.25) is 10.2 Å². The molecule has 2 heterocycles.